The predicted octanol–water partition coefficient (Wildman–Crippen LogP) is 1.95. The number of rotatable bonds is 4. The Morgan fingerprint density at radius 2 is 2.33 bits per heavy atom. The number of hydrogen-bond donors (Lipinski definition) is 1. The van der Waals surface area contributed by atoms with Gasteiger partial charge in [0.05, 0.1) is 13.4 Å². The van der Waals surface area contributed by atoms with E-state index in [1.165, 1.54) is 12.0 Å². The van der Waals surface area contributed by atoms with Gasteiger partial charge in [0.25, 0.3) is 0 Å². The van der Waals surface area contributed by atoms with Crippen molar-refractivity contribution in [2.75, 3.05) is 34.3 Å². The molecule has 0 fully saturated rings. The van der Waals surface area contributed by atoms with E-state index >= 15 is 0 Å². The van der Waals surface area contributed by atoms with Crippen molar-refractivity contribution in [2.45, 2.75) is 6.42 Å². The van der Waals surface area contributed by atoms with Crippen LogP contribution >= 0.6 is 0 Å². The monoisotopic (exact) mass is 329 g/mol. The van der Waals surface area contributed by atoms with Gasteiger partial charge < -0.3 is 19.6 Å². The molecule has 0 radical (unpaired) electrons. The number of hydrogen-bond acceptors (Lipinski definition) is 5. The smallest absolute Gasteiger partial charge is 0.407 e. The molecule has 0 saturated heterocycles. The molecule has 1 aliphatic heterocycles. The molecule has 0 atom stereocenters. The largest absolute Gasteiger partial charge is 0.494 e. The number of carboxylic acid groups (broad SMARTS) is 1. The summed E-state index contributed by atoms with van der Waals surface area (Å²) in [4.78, 5) is 22.7. The number of nitrogens with zero attached hydrogens (tertiary/aromatic N) is 5. The van der Waals surface area contributed by atoms with Gasteiger partial charge in [-0.05, 0) is 12.0 Å². The van der Waals surface area contributed by atoms with Crippen molar-refractivity contribution >= 4 is 23.7 Å². The van der Waals surface area contributed by atoms with Crippen LogP contribution in [0.4, 0.5) is 10.5 Å². The van der Waals surface area contributed by atoms with Crippen LogP contribution in [0.25, 0.3) is 5.57 Å². The number of amides is 1. The molecule has 0 spiro atoms. The summed E-state index contributed by atoms with van der Waals surface area (Å²) in [6.45, 7) is 0.673. The van der Waals surface area contributed by atoms with Gasteiger partial charge in [-0.2, -0.15) is 5.26 Å². The van der Waals surface area contributed by atoms with Gasteiger partial charge in [-0.3, -0.25) is 0 Å². The Morgan fingerprint density at radius 1 is 1.58 bits per heavy atom. The highest BCUT2D eigenvalue weighted by molar-refractivity contribution is 5.75. The molecular weight excluding hydrogens is 310 g/mol. The van der Waals surface area contributed by atoms with Gasteiger partial charge in [0.2, 0.25) is 0 Å². The van der Waals surface area contributed by atoms with E-state index in [0.29, 0.717) is 30.1 Å². The highest BCUT2D eigenvalue weighted by Crippen LogP contribution is 2.33. The minimum absolute atomic E-state index is 0.200. The first kappa shape index (κ1) is 17.3. The zero-order valence-corrected chi connectivity index (χ0v) is 13.9. The Morgan fingerprint density at radius 3 is 2.83 bits per heavy atom. The zero-order valence-electron chi connectivity index (χ0n) is 13.9. The van der Waals surface area contributed by atoms with E-state index in [0.717, 1.165) is 5.57 Å². The number of carbonyl (C=O) groups is 1. The third kappa shape index (κ3) is 3.81. The predicted molar refractivity (Wildman–Crippen MR) is 89.5 cm³/mol. The van der Waals surface area contributed by atoms with Crippen LogP contribution in [0.1, 0.15) is 17.8 Å². The summed E-state index contributed by atoms with van der Waals surface area (Å²) in [7, 11) is 5.18. The van der Waals surface area contributed by atoms with Crippen LogP contribution in [0, 0.1) is 11.3 Å². The number of pyridine rings is 1. The van der Waals surface area contributed by atoms with Crippen molar-refractivity contribution in [3.05, 3.63) is 23.5 Å². The van der Waals surface area contributed by atoms with E-state index in [1.807, 2.05) is 20.2 Å². The van der Waals surface area contributed by atoms with Gasteiger partial charge in [0.1, 0.15) is 23.2 Å². The molecule has 0 saturated carbocycles. The molecule has 0 aliphatic carbocycles. The molecule has 1 aliphatic rings. The molecule has 0 aromatic carbocycles. The van der Waals surface area contributed by atoms with Crippen LogP contribution in [-0.4, -0.2) is 66.6 Å². The lowest BCUT2D eigenvalue weighted by Gasteiger charge is -2.24. The van der Waals surface area contributed by atoms with Gasteiger partial charge in [0, 0.05) is 33.3 Å². The maximum atomic E-state index is 11.0. The molecule has 126 valence electrons. The molecule has 1 aromatic heterocycles. The van der Waals surface area contributed by atoms with Gasteiger partial charge in [0.15, 0.2) is 5.69 Å². The lowest BCUT2D eigenvalue weighted by Crippen LogP contribution is -2.33. The number of aliphatic imine (C=N–C) groups is 1. The lowest BCUT2D eigenvalue weighted by atomic mass is 10.0. The van der Waals surface area contributed by atoms with Crippen molar-refractivity contribution in [3.63, 3.8) is 0 Å². The Hall–Kier alpha value is -3.08. The van der Waals surface area contributed by atoms with Crippen molar-refractivity contribution < 1.29 is 14.6 Å². The Labute approximate surface area is 140 Å². The van der Waals surface area contributed by atoms with Gasteiger partial charge in [-0.15, -0.1) is 0 Å². The summed E-state index contributed by atoms with van der Waals surface area (Å²) in [5.41, 5.74) is 2.05. The maximum absolute atomic E-state index is 11.0. The van der Waals surface area contributed by atoms with Crippen molar-refractivity contribution in [1.29, 1.82) is 5.26 Å². The molecule has 0 bridgehead atoms. The second kappa shape index (κ2) is 7.46. The quantitative estimate of drug-likeness (QED) is 0.669. The normalized spacial score (nSPS) is 14.2. The summed E-state index contributed by atoms with van der Waals surface area (Å²) < 4.78 is 5.39. The van der Waals surface area contributed by atoms with E-state index in [4.69, 9.17) is 9.84 Å². The van der Waals surface area contributed by atoms with Gasteiger partial charge in [-0.25, -0.2) is 14.8 Å². The molecule has 1 N–H and O–H groups in total. The minimum atomic E-state index is -0.948. The fraction of sp³-hybridized carbons (Fsp3) is 0.375. The molecular formula is C16H19N5O3. The van der Waals surface area contributed by atoms with Crippen molar-refractivity contribution in [3.8, 4) is 11.8 Å². The first-order valence-electron chi connectivity index (χ1n) is 7.33. The summed E-state index contributed by atoms with van der Waals surface area (Å²) >= 11 is 0. The second-order valence-corrected chi connectivity index (χ2v) is 5.43. The number of nitriles is 1. The van der Waals surface area contributed by atoms with Crippen LogP contribution in [0.3, 0.4) is 0 Å². The summed E-state index contributed by atoms with van der Waals surface area (Å²) in [6.07, 6.45) is 2.95. The third-order valence-electron chi connectivity index (χ3n) is 3.50. The first-order valence-corrected chi connectivity index (χ1v) is 7.33. The number of aromatic nitrogens is 1. The average Bonchev–Trinajstić information content (AvgIpc) is 2.59. The topological polar surface area (TPSA) is 102 Å². The van der Waals surface area contributed by atoms with Gasteiger partial charge in [-0.1, -0.05) is 6.08 Å². The van der Waals surface area contributed by atoms with Crippen LogP contribution in [0.2, 0.25) is 0 Å². The Balaban J connectivity index is 2.41. The fourth-order valence-corrected chi connectivity index (χ4v) is 2.29. The summed E-state index contributed by atoms with van der Waals surface area (Å²) in [6, 6.07) is 3.72. The van der Waals surface area contributed by atoms with Crippen molar-refractivity contribution in [1.82, 2.24) is 14.8 Å². The molecule has 1 amide bonds. The molecule has 8 heteroatoms. The van der Waals surface area contributed by atoms with E-state index in [9.17, 15) is 10.1 Å². The fourth-order valence-electron chi connectivity index (χ4n) is 2.29. The highest BCUT2D eigenvalue weighted by atomic mass is 16.5. The SMILES string of the molecule is COc1cc(/N=C/N(C)C)c(C#N)nc1C1=CCN(C(=O)O)CC1. The first-order chi connectivity index (χ1) is 11.5. The van der Waals surface area contributed by atoms with E-state index in [1.54, 1.807) is 23.4 Å². The lowest BCUT2D eigenvalue weighted by molar-refractivity contribution is 0.150. The van der Waals surface area contributed by atoms with E-state index in [2.05, 4.69) is 9.98 Å². The standard InChI is InChI=1S/C16H19N5O3/c1-20(2)10-18-12-8-14(24-3)15(19-13(12)9-17)11-4-6-21(7-5-11)16(22)23/h4,8,10H,5-7H2,1-3H3,(H,22,23)/b18-10+. The van der Waals surface area contributed by atoms with E-state index < -0.39 is 6.09 Å². The summed E-state index contributed by atoms with van der Waals surface area (Å²) in [5, 5.41) is 18.4. The van der Waals surface area contributed by atoms with Crippen LogP contribution in [-0.2, 0) is 0 Å². The Bertz CT molecular complexity index is 734. The zero-order chi connectivity index (χ0) is 17.7. The Kier molecular flexibility index (Phi) is 5.37. The molecule has 24 heavy (non-hydrogen) atoms. The van der Waals surface area contributed by atoms with Crippen LogP contribution < -0.4 is 4.74 Å². The molecule has 0 unspecified atom stereocenters. The van der Waals surface area contributed by atoms with Crippen molar-refractivity contribution in [2.24, 2.45) is 4.99 Å². The third-order valence-corrected chi connectivity index (χ3v) is 3.50. The molecule has 8 nitrogen and oxygen atoms in total. The number of ether oxygens (including phenoxy) is 1. The van der Waals surface area contributed by atoms with Crippen LogP contribution in [0.5, 0.6) is 5.75 Å². The maximum Gasteiger partial charge on any atom is 0.407 e. The molecule has 2 heterocycles. The van der Waals surface area contributed by atoms with Crippen LogP contribution in [0.15, 0.2) is 17.1 Å². The average molecular weight is 329 g/mol. The van der Waals surface area contributed by atoms with Gasteiger partial charge >= 0.3 is 6.09 Å². The highest BCUT2D eigenvalue weighted by Gasteiger charge is 2.21. The summed E-state index contributed by atoms with van der Waals surface area (Å²) in [5.74, 6) is 0.509. The van der Waals surface area contributed by atoms with E-state index in [-0.39, 0.29) is 12.2 Å². The molecule has 2 rings (SSSR count). The number of methoxy groups -OCH3 is 1. The minimum Gasteiger partial charge on any atom is -0.494 e. The second-order valence-electron chi connectivity index (χ2n) is 5.43. The molecule has 1 aromatic rings.